The SMILES string of the molecule is CNC(C)CCCCCC(C)C(C)C. The normalized spacial score (nSPS) is 15.9. The molecule has 0 aromatic carbocycles. The number of unbranched alkanes of at least 4 members (excludes halogenated alkanes) is 2. The summed E-state index contributed by atoms with van der Waals surface area (Å²) in [4.78, 5) is 0. The van der Waals surface area contributed by atoms with Crippen LogP contribution in [0.4, 0.5) is 0 Å². The molecule has 0 aromatic rings. The second-order valence-electron chi connectivity index (χ2n) is 5.05. The molecule has 0 heterocycles. The molecule has 0 aromatic heterocycles. The lowest BCUT2D eigenvalue weighted by Gasteiger charge is -2.15. The molecule has 0 aliphatic heterocycles. The van der Waals surface area contributed by atoms with E-state index < -0.39 is 0 Å². The highest BCUT2D eigenvalue weighted by Gasteiger charge is 2.06. The topological polar surface area (TPSA) is 12.0 Å². The van der Waals surface area contributed by atoms with Crippen LogP contribution in [0, 0.1) is 11.8 Å². The Hall–Kier alpha value is -0.0400. The van der Waals surface area contributed by atoms with Crippen LogP contribution in [0.2, 0.25) is 0 Å². The fourth-order valence-corrected chi connectivity index (χ4v) is 1.57. The van der Waals surface area contributed by atoms with Gasteiger partial charge >= 0.3 is 0 Å². The summed E-state index contributed by atoms with van der Waals surface area (Å²) < 4.78 is 0. The van der Waals surface area contributed by atoms with E-state index in [0.717, 1.165) is 11.8 Å². The van der Waals surface area contributed by atoms with Gasteiger partial charge in [0.15, 0.2) is 0 Å². The van der Waals surface area contributed by atoms with Gasteiger partial charge in [0, 0.05) is 6.04 Å². The number of hydrogen-bond acceptors (Lipinski definition) is 1. The summed E-state index contributed by atoms with van der Waals surface area (Å²) in [5.74, 6) is 1.75. The number of rotatable bonds is 8. The summed E-state index contributed by atoms with van der Waals surface area (Å²) in [6.45, 7) is 9.29. The van der Waals surface area contributed by atoms with Gasteiger partial charge in [-0.3, -0.25) is 0 Å². The summed E-state index contributed by atoms with van der Waals surface area (Å²) in [5, 5.41) is 3.28. The summed E-state index contributed by atoms with van der Waals surface area (Å²) >= 11 is 0. The molecule has 0 fully saturated rings. The maximum Gasteiger partial charge on any atom is 0.00357 e. The Morgan fingerprint density at radius 3 is 1.93 bits per heavy atom. The van der Waals surface area contributed by atoms with Crippen LogP contribution in [-0.2, 0) is 0 Å². The lowest BCUT2D eigenvalue weighted by Crippen LogP contribution is -2.20. The Morgan fingerprint density at radius 2 is 1.43 bits per heavy atom. The molecular formula is C13H29N. The van der Waals surface area contributed by atoms with Crippen molar-refractivity contribution in [2.45, 2.75) is 65.8 Å². The molecule has 1 heteroatoms. The predicted octanol–water partition coefficient (Wildman–Crippen LogP) is 3.84. The van der Waals surface area contributed by atoms with Crippen molar-refractivity contribution in [2.75, 3.05) is 7.05 Å². The van der Waals surface area contributed by atoms with Crippen LogP contribution in [0.25, 0.3) is 0 Å². The maximum atomic E-state index is 3.28. The van der Waals surface area contributed by atoms with Crippen LogP contribution in [0.1, 0.15) is 59.8 Å². The summed E-state index contributed by atoms with van der Waals surface area (Å²) in [5.41, 5.74) is 0. The minimum absolute atomic E-state index is 0.692. The lowest BCUT2D eigenvalue weighted by molar-refractivity contribution is 0.372. The van der Waals surface area contributed by atoms with Gasteiger partial charge in [0.1, 0.15) is 0 Å². The van der Waals surface area contributed by atoms with Gasteiger partial charge in [-0.15, -0.1) is 0 Å². The van der Waals surface area contributed by atoms with Gasteiger partial charge in [-0.05, 0) is 32.2 Å². The Balaban J connectivity index is 3.21. The van der Waals surface area contributed by atoms with E-state index in [0.29, 0.717) is 6.04 Å². The summed E-state index contributed by atoms with van der Waals surface area (Å²) in [7, 11) is 2.05. The van der Waals surface area contributed by atoms with Crippen molar-refractivity contribution in [2.24, 2.45) is 11.8 Å². The fourth-order valence-electron chi connectivity index (χ4n) is 1.57. The summed E-state index contributed by atoms with van der Waals surface area (Å²) in [6, 6.07) is 0.692. The Morgan fingerprint density at radius 1 is 0.857 bits per heavy atom. The second kappa shape index (κ2) is 8.28. The largest absolute Gasteiger partial charge is 0.317 e. The van der Waals surface area contributed by atoms with Crippen LogP contribution in [-0.4, -0.2) is 13.1 Å². The molecule has 2 unspecified atom stereocenters. The Bertz CT molecular complexity index is 120. The zero-order valence-electron chi connectivity index (χ0n) is 10.8. The zero-order chi connectivity index (χ0) is 11.0. The molecule has 0 saturated heterocycles. The molecule has 0 bridgehead atoms. The first-order valence-corrected chi connectivity index (χ1v) is 6.25. The van der Waals surface area contributed by atoms with Crippen LogP contribution in [0.15, 0.2) is 0 Å². The van der Waals surface area contributed by atoms with Crippen molar-refractivity contribution in [1.82, 2.24) is 5.32 Å². The molecule has 1 N–H and O–H groups in total. The van der Waals surface area contributed by atoms with E-state index in [4.69, 9.17) is 0 Å². The average Bonchev–Trinajstić information content (AvgIpc) is 2.16. The number of hydrogen-bond donors (Lipinski definition) is 1. The second-order valence-corrected chi connectivity index (χ2v) is 5.05. The first-order valence-electron chi connectivity index (χ1n) is 6.25. The van der Waals surface area contributed by atoms with E-state index in [1.165, 1.54) is 32.1 Å². The zero-order valence-corrected chi connectivity index (χ0v) is 10.8. The van der Waals surface area contributed by atoms with E-state index in [9.17, 15) is 0 Å². The fraction of sp³-hybridized carbons (Fsp3) is 1.00. The smallest absolute Gasteiger partial charge is 0.00357 e. The quantitative estimate of drug-likeness (QED) is 0.586. The molecule has 0 spiro atoms. The van der Waals surface area contributed by atoms with Gasteiger partial charge in [0.25, 0.3) is 0 Å². The van der Waals surface area contributed by atoms with Crippen molar-refractivity contribution in [3.05, 3.63) is 0 Å². The van der Waals surface area contributed by atoms with Gasteiger partial charge < -0.3 is 5.32 Å². The van der Waals surface area contributed by atoms with Gasteiger partial charge in [-0.2, -0.15) is 0 Å². The minimum Gasteiger partial charge on any atom is -0.317 e. The Labute approximate surface area is 90.7 Å². The van der Waals surface area contributed by atoms with Gasteiger partial charge in [-0.1, -0.05) is 46.5 Å². The first kappa shape index (κ1) is 14.0. The number of nitrogens with one attached hydrogen (secondary N) is 1. The molecule has 0 amide bonds. The molecule has 0 aliphatic rings. The van der Waals surface area contributed by atoms with Crippen molar-refractivity contribution >= 4 is 0 Å². The Kier molecular flexibility index (Phi) is 8.26. The van der Waals surface area contributed by atoms with Gasteiger partial charge in [0.2, 0.25) is 0 Å². The standard InChI is InChI=1S/C13H29N/c1-11(2)12(3)9-7-6-8-10-13(4)14-5/h11-14H,6-10H2,1-5H3. The molecule has 14 heavy (non-hydrogen) atoms. The van der Waals surface area contributed by atoms with Crippen molar-refractivity contribution < 1.29 is 0 Å². The van der Waals surface area contributed by atoms with Crippen molar-refractivity contribution in [3.63, 3.8) is 0 Å². The maximum absolute atomic E-state index is 3.28. The van der Waals surface area contributed by atoms with E-state index >= 15 is 0 Å². The summed E-state index contributed by atoms with van der Waals surface area (Å²) in [6.07, 6.45) is 6.93. The van der Waals surface area contributed by atoms with Crippen LogP contribution in [0.3, 0.4) is 0 Å². The van der Waals surface area contributed by atoms with Gasteiger partial charge in [0.05, 0.1) is 0 Å². The molecule has 0 rings (SSSR count). The lowest BCUT2D eigenvalue weighted by atomic mass is 9.92. The molecule has 86 valence electrons. The molecule has 0 aliphatic carbocycles. The first-order chi connectivity index (χ1) is 6.57. The highest BCUT2D eigenvalue weighted by molar-refractivity contribution is 4.60. The third kappa shape index (κ3) is 7.37. The van der Waals surface area contributed by atoms with E-state index in [1.54, 1.807) is 0 Å². The highest BCUT2D eigenvalue weighted by atomic mass is 14.8. The minimum atomic E-state index is 0.692. The van der Waals surface area contributed by atoms with Crippen LogP contribution >= 0.6 is 0 Å². The third-order valence-electron chi connectivity index (χ3n) is 3.43. The van der Waals surface area contributed by atoms with Crippen LogP contribution in [0.5, 0.6) is 0 Å². The molecule has 1 nitrogen and oxygen atoms in total. The average molecular weight is 199 g/mol. The van der Waals surface area contributed by atoms with Crippen LogP contribution < -0.4 is 5.32 Å². The van der Waals surface area contributed by atoms with E-state index in [1.807, 2.05) is 7.05 Å². The predicted molar refractivity (Wildman–Crippen MR) is 65.6 cm³/mol. The molecule has 0 radical (unpaired) electrons. The van der Waals surface area contributed by atoms with Crippen molar-refractivity contribution in [1.29, 1.82) is 0 Å². The molecule has 2 atom stereocenters. The van der Waals surface area contributed by atoms with Crippen molar-refractivity contribution in [3.8, 4) is 0 Å². The molecular weight excluding hydrogens is 170 g/mol. The van der Waals surface area contributed by atoms with Gasteiger partial charge in [-0.25, -0.2) is 0 Å². The monoisotopic (exact) mass is 199 g/mol. The third-order valence-corrected chi connectivity index (χ3v) is 3.43. The molecule has 0 saturated carbocycles. The highest BCUT2D eigenvalue weighted by Crippen LogP contribution is 2.18. The van der Waals surface area contributed by atoms with E-state index in [-0.39, 0.29) is 0 Å². The van der Waals surface area contributed by atoms with E-state index in [2.05, 4.69) is 33.0 Å².